The van der Waals surface area contributed by atoms with Crippen LogP contribution in [0.15, 0.2) is 29.3 Å². The predicted molar refractivity (Wildman–Crippen MR) is 136 cm³/mol. The second kappa shape index (κ2) is 13.9. The number of benzene rings is 1. The summed E-state index contributed by atoms with van der Waals surface area (Å²) in [7, 11) is 1.65. The van der Waals surface area contributed by atoms with Gasteiger partial charge in [0.1, 0.15) is 0 Å². The van der Waals surface area contributed by atoms with Gasteiger partial charge in [-0.05, 0) is 56.2 Å². The fourth-order valence-corrected chi connectivity index (χ4v) is 4.17. The summed E-state index contributed by atoms with van der Waals surface area (Å²) in [5, 5.41) is 9.66. The van der Waals surface area contributed by atoms with Gasteiger partial charge in [-0.1, -0.05) is 12.1 Å². The van der Waals surface area contributed by atoms with Crippen LogP contribution >= 0.6 is 24.0 Å². The number of amides is 1. The Labute approximate surface area is 203 Å². The molecule has 2 heterocycles. The Morgan fingerprint density at radius 3 is 2.74 bits per heavy atom. The SMILES string of the molecule is CCNC(=NCCc1cccc(C(=O)NC)c1)NC1CCN(CC2CCOC2)CC1.I. The highest BCUT2D eigenvalue weighted by molar-refractivity contribution is 14.0. The minimum absolute atomic E-state index is 0. The van der Waals surface area contributed by atoms with Crippen LogP contribution in [0.3, 0.4) is 0 Å². The Kier molecular flexibility index (Phi) is 11.6. The van der Waals surface area contributed by atoms with E-state index in [0.717, 1.165) is 69.6 Å². The number of likely N-dealkylation sites (tertiary alicyclic amines) is 1. The van der Waals surface area contributed by atoms with E-state index in [1.165, 1.54) is 13.0 Å². The summed E-state index contributed by atoms with van der Waals surface area (Å²) in [6, 6.07) is 8.23. The first-order chi connectivity index (χ1) is 14.7. The molecule has 2 saturated heterocycles. The molecule has 0 aromatic heterocycles. The molecule has 31 heavy (non-hydrogen) atoms. The van der Waals surface area contributed by atoms with Crippen molar-refractivity contribution in [3.05, 3.63) is 35.4 Å². The van der Waals surface area contributed by atoms with Crippen LogP contribution in [0.1, 0.15) is 42.1 Å². The van der Waals surface area contributed by atoms with Crippen LogP contribution in [0, 0.1) is 5.92 Å². The van der Waals surface area contributed by atoms with Crippen molar-refractivity contribution in [2.24, 2.45) is 10.9 Å². The van der Waals surface area contributed by atoms with Crippen molar-refractivity contribution in [2.75, 3.05) is 53.0 Å². The number of ether oxygens (including phenoxy) is 1. The molecule has 0 bridgehead atoms. The van der Waals surface area contributed by atoms with Crippen LogP contribution in [0.5, 0.6) is 0 Å². The summed E-state index contributed by atoms with van der Waals surface area (Å²) in [5.41, 5.74) is 1.82. The lowest BCUT2D eigenvalue weighted by molar-refractivity contribution is 0.0963. The minimum atomic E-state index is -0.0536. The van der Waals surface area contributed by atoms with Crippen LogP contribution in [0.25, 0.3) is 0 Å². The van der Waals surface area contributed by atoms with Gasteiger partial charge in [0, 0.05) is 58.0 Å². The van der Waals surface area contributed by atoms with Gasteiger partial charge in [0.05, 0.1) is 6.61 Å². The lowest BCUT2D eigenvalue weighted by atomic mass is 10.0. The van der Waals surface area contributed by atoms with Gasteiger partial charge in [-0.15, -0.1) is 24.0 Å². The third-order valence-corrected chi connectivity index (χ3v) is 5.90. The van der Waals surface area contributed by atoms with Gasteiger partial charge in [0.2, 0.25) is 0 Å². The molecule has 1 aromatic carbocycles. The van der Waals surface area contributed by atoms with E-state index in [2.05, 4.69) is 27.8 Å². The largest absolute Gasteiger partial charge is 0.381 e. The summed E-state index contributed by atoms with van der Waals surface area (Å²) >= 11 is 0. The molecule has 1 atom stereocenters. The van der Waals surface area contributed by atoms with Crippen LogP contribution in [0.4, 0.5) is 0 Å². The number of halogens is 1. The van der Waals surface area contributed by atoms with E-state index in [1.807, 2.05) is 24.3 Å². The number of hydrogen-bond donors (Lipinski definition) is 3. The van der Waals surface area contributed by atoms with Crippen molar-refractivity contribution in [1.29, 1.82) is 0 Å². The molecule has 2 fully saturated rings. The van der Waals surface area contributed by atoms with E-state index < -0.39 is 0 Å². The molecule has 3 rings (SSSR count). The first-order valence-corrected chi connectivity index (χ1v) is 11.3. The van der Waals surface area contributed by atoms with Crippen molar-refractivity contribution in [3.63, 3.8) is 0 Å². The van der Waals surface area contributed by atoms with Crippen molar-refractivity contribution >= 4 is 35.8 Å². The number of piperidine rings is 1. The van der Waals surface area contributed by atoms with Crippen LogP contribution in [0.2, 0.25) is 0 Å². The molecule has 1 unspecified atom stereocenters. The number of carbonyl (C=O) groups is 1. The monoisotopic (exact) mass is 543 g/mol. The average molecular weight is 543 g/mol. The third-order valence-electron chi connectivity index (χ3n) is 5.90. The normalized spacial score (nSPS) is 20.2. The number of carbonyl (C=O) groups excluding carboxylic acids is 1. The van der Waals surface area contributed by atoms with Crippen molar-refractivity contribution in [2.45, 2.75) is 38.6 Å². The Morgan fingerprint density at radius 1 is 1.26 bits per heavy atom. The highest BCUT2D eigenvalue weighted by Gasteiger charge is 2.24. The average Bonchev–Trinajstić information content (AvgIpc) is 3.28. The van der Waals surface area contributed by atoms with Gasteiger partial charge < -0.3 is 25.6 Å². The Balaban J connectivity index is 0.00000341. The molecule has 1 aromatic rings. The predicted octanol–water partition coefficient (Wildman–Crippen LogP) is 2.26. The van der Waals surface area contributed by atoms with Gasteiger partial charge in [0.15, 0.2) is 5.96 Å². The summed E-state index contributed by atoms with van der Waals surface area (Å²) in [6.45, 7) is 8.94. The Hall–Kier alpha value is -1.39. The molecule has 174 valence electrons. The van der Waals surface area contributed by atoms with E-state index in [1.54, 1.807) is 7.05 Å². The van der Waals surface area contributed by atoms with Gasteiger partial charge >= 0.3 is 0 Å². The molecular formula is C23H38IN5O2. The number of guanidine groups is 1. The quantitative estimate of drug-likeness (QED) is 0.267. The molecule has 0 radical (unpaired) electrons. The number of hydrogen-bond acceptors (Lipinski definition) is 4. The zero-order valence-electron chi connectivity index (χ0n) is 18.9. The van der Waals surface area contributed by atoms with E-state index in [4.69, 9.17) is 9.73 Å². The Morgan fingerprint density at radius 2 is 2.06 bits per heavy atom. The summed E-state index contributed by atoms with van der Waals surface area (Å²) in [5.74, 6) is 1.56. The van der Waals surface area contributed by atoms with Crippen molar-refractivity contribution in [3.8, 4) is 0 Å². The van der Waals surface area contributed by atoms with E-state index >= 15 is 0 Å². The fourth-order valence-electron chi connectivity index (χ4n) is 4.17. The van der Waals surface area contributed by atoms with Crippen LogP contribution in [-0.4, -0.2) is 75.8 Å². The van der Waals surface area contributed by atoms with Gasteiger partial charge in [0.25, 0.3) is 5.91 Å². The molecule has 0 saturated carbocycles. The molecule has 8 heteroatoms. The number of nitrogens with one attached hydrogen (secondary N) is 3. The highest BCUT2D eigenvalue weighted by Crippen LogP contribution is 2.17. The van der Waals surface area contributed by atoms with Crippen molar-refractivity contribution < 1.29 is 9.53 Å². The van der Waals surface area contributed by atoms with Crippen molar-refractivity contribution in [1.82, 2.24) is 20.9 Å². The lowest BCUT2D eigenvalue weighted by Crippen LogP contribution is -2.49. The molecule has 0 aliphatic carbocycles. The number of nitrogens with zero attached hydrogens (tertiary/aromatic N) is 2. The smallest absolute Gasteiger partial charge is 0.251 e. The number of aliphatic imine (C=N–C) groups is 1. The zero-order valence-corrected chi connectivity index (χ0v) is 21.2. The van der Waals surface area contributed by atoms with Crippen LogP contribution in [-0.2, 0) is 11.2 Å². The maximum atomic E-state index is 11.8. The first kappa shape index (κ1) is 25.9. The summed E-state index contributed by atoms with van der Waals surface area (Å²) in [4.78, 5) is 19.2. The van der Waals surface area contributed by atoms with Gasteiger partial charge in [-0.25, -0.2) is 0 Å². The standard InChI is InChI=1S/C23H37N5O2.HI/c1-3-25-23(26-11-7-18-5-4-6-20(15-18)22(29)24-2)27-21-8-12-28(13-9-21)16-19-10-14-30-17-19;/h4-6,15,19,21H,3,7-14,16-17H2,1-2H3,(H,24,29)(H2,25,26,27);1H. The molecule has 1 amide bonds. The molecule has 2 aliphatic rings. The first-order valence-electron chi connectivity index (χ1n) is 11.3. The fraction of sp³-hybridized carbons (Fsp3) is 0.652. The maximum absolute atomic E-state index is 11.8. The third kappa shape index (κ3) is 8.57. The zero-order chi connectivity index (χ0) is 21.2. The minimum Gasteiger partial charge on any atom is -0.381 e. The highest BCUT2D eigenvalue weighted by atomic mass is 127. The summed E-state index contributed by atoms with van der Waals surface area (Å²) < 4.78 is 5.51. The van der Waals surface area contributed by atoms with E-state index in [0.29, 0.717) is 18.2 Å². The molecule has 3 N–H and O–H groups in total. The lowest BCUT2D eigenvalue weighted by Gasteiger charge is -2.34. The van der Waals surface area contributed by atoms with E-state index in [-0.39, 0.29) is 29.9 Å². The van der Waals surface area contributed by atoms with Gasteiger partial charge in [-0.3, -0.25) is 9.79 Å². The summed E-state index contributed by atoms with van der Waals surface area (Å²) in [6.07, 6.45) is 4.31. The van der Waals surface area contributed by atoms with E-state index in [9.17, 15) is 4.79 Å². The van der Waals surface area contributed by atoms with Gasteiger partial charge in [-0.2, -0.15) is 0 Å². The van der Waals surface area contributed by atoms with Crippen LogP contribution < -0.4 is 16.0 Å². The molecule has 7 nitrogen and oxygen atoms in total. The maximum Gasteiger partial charge on any atom is 0.251 e. The Bertz CT molecular complexity index is 701. The molecular weight excluding hydrogens is 505 g/mol. The molecule has 0 spiro atoms. The molecule has 2 aliphatic heterocycles. The second-order valence-corrected chi connectivity index (χ2v) is 8.24. The topological polar surface area (TPSA) is 78.0 Å². The number of rotatable bonds is 8. The second-order valence-electron chi connectivity index (χ2n) is 8.24.